The number of carbonyl (C=O) groups excluding carboxylic acids is 1. The monoisotopic (exact) mass is 447 g/mol. The van der Waals surface area contributed by atoms with Crippen LogP contribution in [0.25, 0.3) is 11.3 Å². The van der Waals surface area contributed by atoms with Gasteiger partial charge in [0.2, 0.25) is 0 Å². The number of methoxy groups -OCH3 is 2. The molecule has 2 aromatic carbocycles. The minimum atomic E-state index is 0.0616. The summed E-state index contributed by atoms with van der Waals surface area (Å²) in [6.45, 7) is 2.69. The Bertz CT molecular complexity index is 1090. The van der Waals surface area contributed by atoms with E-state index in [1.165, 1.54) is 0 Å². The Morgan fingerprint density at radius 3 is 2.18 bits per heavy atom. The summed E-state index contributed by atoms with van der Waals surface area (Å²) in [7, 11) is 7.23. The highest BCUT2D eigenvalue weighted by molar-refractivity contribution is 5.94. The summed E-state index contributed by atoms with van der Waals surface area (Å²) >= 11 is 0. The summed E-state index contributed by atoms with van der Waals surface area (Å²) in [4.78, 5) is 18.9. The van der Waals surface area contributed by atoms with Crippen LogP contribution in [0.15, 0.2) is 54.6 Å². The molecule has 0 radical (unpaired) electrons. The molecule has 0 N–H and O–H groups in total. The second kappa shape index (κ2) is 9.77. The second-order valence-corrected chi connectivity index (χ2v) is 8.06. The largest absolute Gasteiger partial charge is 0.497 e. The number of rotatable bonds is 6. The lowest BCUT2D eigenvalue weighted by molar-refractivity contribution is 0.0746. The van der Waals surface area contributed by atoms with Gasteiger partial charge in [-0.1, -0.05) is 0 Å². The first kappa shape index (κ1) is 22.4. The van der Waals surface area contributed by atoms with E-state index in [-0.39, 0.29) is 5.91 Å². The first-order valence-electron chi connectivity index (χ1n) is 10.9. The van der Waals surface area contributed by atoms with E-state index in [0.29, 0.717) is 43.2 Å². The van der Waals surface area contributed by atoms with Gasteiger partial charge in [-0.3, -0.25) is 4.79 Å². The van der Waals surface area contributed by atoms with Gasteiger partial charge in [0.05, 0.1) is 19.9 Å². The number of amides is 1. The molecule has 1 saturated heterocycles. The molecule has 0 aliphatic carbocycles. The summed E-state index contributed by atoms with van der Waals surface area (Å²) in [5, 5.41) is 8.86. The van der Waals surface area contributed by atoms with Gasteiger partial charge in [-0.2, -0.15) is 0 Å². The van der Waals surface area contributed by atoms with Crippen LogP contribution in [0.3, 0.4) is 0 Å². The fraction of sp³-hybridized carbons (Fsp3) is 0.320. The highest BCUT2D eigenvalue weighted by atomic mass is 16.5. The van der Waals surface area contributed by atoms with Crippen molar-refractivity contribution in [3.8, 4) is 22.8 Å². The van der Waals surface area contributed by atoms with Gasteiger partial charge in [-0.05, 0) is 54.6 Å². The van der Waals surface area contributed by atoms with Crippen LogP contribution in [0.5, 0.6) is 11.5 Å². The molecule has 0 saturated carbocycles. The highest BCUT2D eigenvalue weighted by Gasteiger charge is 2.23. The van der Waals surface area contributed by atoms with Crippen LogP contribution in [0, 0.1) is 0 Å². The molecule has 33 heavy (non-hydrogen) atoms. The third kappa shape index (κ3) is 4.84. The second-order valence-electron chi connectivity index (χ2n) is 8.06. The van der Waals surface area contributed by atoms with Crippen LogP contribution in [0.2, 0.25) is 0 Å². The van der Waals surface area contributed by atoms with Crippen LogP contribution in [-0.4, -0.2) is 75.5 Å². The van der Waals surface area contributed by atoms with Crippen molar-refractivity contribution in [2.24, 2.45) is 0 Å². The molecular formula is C25H29N5O3. The predicted octanol–water partition coefficient (Wildman–Crippen LogP) is 3.19. The van der Waals surface area contributed by atoms with E-state index in [4.69, 9.17) is 9.47 Å². The van der Waals surface area contributed by atoms with Gasteiger partial charge in [0.1, 0.15) is 11.5 Å². The van der Waals surface area contributed by atoms with Crippen molar-refractivity contribution in [2.45, 2.75) is 0 Å². The topological polar surface area (TPSA) is 71.0 Å². The summed E-state index contributed by atoms with van der Waals surface area (Å²) in [6.07, 6.45) is 0. The zero-order valence-electron chi connectivity index (χ0n) is 19.5. The van der Waals surface area contributed by atoms with Crippen molar-refractivity contribution >= 4 is 17.4 Å². The number of aromatic nitrogens is 2. The lowest BCUT2D eigenvalue weighted by Gasteiger charge is -2.35. The van der Waals surface area contributed by atoms with E-state index in [1.54, 1.807) is 14.2 Å². The fourth-order valence-electron chi connectivity index (χ4n) is 3.88. The van der Waals surface area contributed by atoms with Crippen LogP contribution in [-0.2, 0) is 0 Å². The van der Waals surface area contributed by atoms with E-state index in [0.717, 1.165) is 22.8 Å². The van der Waals surface area contributed by atoms with Crippen LogP contribution < -0.4 is 19.3 Å². The molecule has 8 nitrogen and oxygen atoms in total. The molecule has 8 heteroatoms. The average Bonchev–Trinajstić information content (AvgIpc) is 2.88. The molecule has 0 atom stereocenters. The maximum Gasteiger partial charge on any atom is 0.253 e. The lowest BCUT2D eigenvalue weighted by Crippen LogP contribution is -2.49. The van der Waals surface area contributed by atoms with Crippen molar-refractivity contribution in [1.29, 1.82) is 0 Å². The standard InChI is InChI=1S/C25H29N5O3/c1-28(2)19-7-5-18(6-8-19)25(31)30-15-13-29(14-16-30)24-12-10-22(26-27-24)21-17-20(32-3)9-11-23(21)33-4/h5-12,17H,13-16H2,1-4H3. The maximum atomic E-state index is 12.9. The smallest absolute Gasteiger partial charge is 0.253 e. The molecule has 1 amide bonds. The van der Waals surface area contributed by atoms with Gasteiger partial charge in [0.15, 0.2) is 5.82 Å². The van der Waals surface area contributed by atoms with Gasteiger partial charge in [-0.15, -0.1) is 10.2 Å². The zero-order chi connectivity index (χ0) is 23.4. The number of piperazine rings is 1. The van der Waals surface area contributed by atoms with Crippen molar-refractivity contribution in [3.63, 3.8) is 0 Å². The van der Waals surface area contributed by atoms with Crippen LogP contribution >= 0.6 is 0 Å². The van der Waals surface area contributed by atoms with Gasteiger partial charge in [0.25, 0.3) is 5.91 Å². The molecule has 1 aliphatic rings. The quantitative estimate of drug-likeness (QED) is 0.575. The number of carbonyl (C=O) groups is 1. The molecule has 1 aliphatic heterocycles. The number of hydrogen-bond acceptors (Lipinski definition) is 7. The molecule has 0 spiro atoms. The zero-order valence-corrected chi connectivity index (χ0v) is 19.5. The van der Waals surface area contributed by atoms with Crippen molar-refractivity contribution < 1.29 is 14.3 Å². The number of benzene rings is 2. The summed E-state index contributed by atoms with van der Waals surface area (Å²) in [5.41, 5.74) is 3.33. The normalized spacial score (nSPS) is 13.6. The van der Waals surface area contributed by atoms with E-state index in [9.17, 15) is 4.79 Å². The molecule has 4 rings (SSSR count). The van der Waals surface area contributed by atoms with Gasteiger partial charge in [0, 0.05) is 57.1 Å². The molecular weight excluding hydrogens is 418 g/mol. The summed E-state index contributed by atoms with van der Waals surface area (Å²) in [5.74, 6) is 2.30. The van der Waals surface area contributed by atoms with Crippen molar-refractivity contribution in [1.82, 2.24) is 15.1 Å². The Balaban J connectivity index is 1.41. The van der Waals surface area contributed by atoms with E-state index < -0.39 is 0 Å². The number of anilines is 2. The Hall–Kier alpha value is -3.81. The predicted molar refractivity (Wildman–Crippen MR) is 129 cm³/mol. The SMILES string of the molecule is COc1ccc(OC)c(-c2ccc(N3CCN(C(=O)c4ccc(N(C)C)cc4)CC3)nn2)c1. The maximum absolute atomic E-state index is 12.9. The first-order chi connectivity index (χ1) is 16.0. The van der Waals surface area contributed by atoms with E-state index in [1.807, 2.05) is 78.5 Å². The van der Waals surface area contributed by atoms with Gasteiger partial charge in [-0.25, -0.2) is 0 Å². The summed E-state index contributed by atoms with van der Waals surface area (Å²) in [6, 6.07) is 17.2. The Morgan fingerprint density at radius 2 is 1.61 bits per heavy atom. The number of nitrogens with zero attached hydrogens (tertiary/aromatic N) is 5. The fourth-order valence-corrected chi connectivity index (χ4v) is 3.88. The Labute approximate surface area is 194 Å². The molecule has 2 heterocycles. The minimum Gasteiger partial charge on any atom is -0.497 e. The molecule has 172 valence electrons. The van der Waals surface area contributed by atoms with Gasteiger partial charge >= 0.3 is 0 Å². The van der Waals surface area contributed by atoms with Crippen LogP contribution in [0.4, 0.5) is 11.5 Å². The minimum absolute atomic E-state index is 0.0616. The van der Waals surface area contributed by atoms with E-state index in [2.05, 4.69) is 15.1 Å². The van der Waals surface area contributed by atoms with Crippen LogP contribution in [0.1, 0.15) is 10.4 Å². The third-order valence-electron chi connectivity index (χ3n) is 5.85. The first-order valence-corrected chi connectivity index (χ1v) is 10.9. The molecule has 0 unspecified atom stereocenters. The van der Waals surface area contributed by atoms with Crippen molar-refractivity contribution in [2.75, 3.05) is 64.3 Å². The molecule has 3 aromatic rings. The summed E-state index contributed by atoms with van der Waals surface area (Å²) < 4.78 is 10.8. The number of ether oxygens (including phenoxy) is 2. The van der Waals surface area contributed by atoms with Gasteiger partial charge < -0.3 is 24.2 Å². The number of hydrogen-bond donors (Lipinski definition) is 0. The molecule has 1 aromatic heterocycles. The average molecular weight is 448 g/mol. The third-order valence-corrected chi connectivity index (χ3v) is 5.85. The molecule has 0 bridgehead atoms. The van der Waals surface area contributed by atoms with E-state index >= 15 is 0 Å². The lowest BCUT2D eigenvalue weighted by atomic mass is 10.1. The van der Waals surface area contributed by atoms with Crippen molar-refractivity contribution in [3.05, 3.63) is 60.2 Å². The Kier molecular flexibility index (Phi) is 6.63. The molecule has 1 fully saturated rings. The highest BCUT2D eigenvalue weighted by Crippen LogP contribution is 2.32. The Morgan fingerprint density at radius 1 is 0.879 bits per heavy atom.